The molecule has 1 fully saturated rings. The van der Waals surface area contributed by atoms with Crippen molar-refractivity contribution in [3.8, 4) is 0 Å². The van der Waals surface area contributed by atoms with Gasteiger partial charge in [-0.2, -0.15) is 4.31 Å². The van der Waals surface area contributed by atoms with Crippen LogP contribution < -0.4 is 5.32 Å². The topological polar surface area (TPSA) is 66.5 Å². The van der Waals surface area contributed by atoms with E-state index < -0.39 is 10.0 Å². The predicted octanol–water partition coefficient (Wildman–Crippen LogP) is 4.07. The van der Waals surface area contributed by atoms with E-state index in [1.807, 2.05) is 6.92 Å². The molecule has 1 aliphatic rings. The van der Waals surface area contributed by atoms with Crippen molar-refractivity contribution in [2.24, 2.45) is 0 Å². The van der Waals surface area contributed by atoms with E-state index in [1.165, 1.54) is 11.3 Å². The standard InChI is InChI=1S/C18H21ClN2O3S2/c1-13-11-14(19)5-7-16(13)20-17(22)12-15-6-8-18(25-15)26(23,24)21-9-3-2-4-10-21/h5-8,11H,2-4,9-10,12H2,1H3,(H,20,22). The molecule has 140 valence electrons. The number of sulfonamides is 1. The van der Waals surface area contributed by atoms with Crippen molar-refractivity contribution in [3.05, 3.63) is 45.8 Å². The lowest BCUT2D eigenvalue weighted by Crippen LogP contribution is -2.35. The number of hydrogen-bond acceptors (Lipinski definition) is 4. The predicted molar refractivity (Wildman–Crippen MR) is 105 cm³/mol. The molecule has 0 bridgehead atoms. The molecule has 1 aromatic heterocycles. The lowest BCUT2D eigenvalue weighted by molar-refractivity contribution is -0.115. The Morgan fingerprint density at radius 2 is 1.92 bits per heavy atom. The summed E-state index contributed by atoms with van der Waals surface area (Å²) in [6, 6.07) is 8.58. The molecule has 1 amide bonds. The van der Waals surface area contributed by atoms with Gasteiger partial charge in [-0.3, -0.25) is 4.79 Å². The highest BCUT2D eigenvalue weighted by Gasteiger charge is 2.27. The van der Waals surface area contributed by atoms with Gasteiger partial charge in [-0.15, -0.1) is 11.3 Å². The second-order valence-corrected chi connectivity index (χ2v) is 10.1. The van der Waals surface area contributed by atoms with Crippen LogP contribution in [0, 0.1) is 6.92 Å². The van der Waals surface area contributed by atoms with Gasteiger partial charge in [0.15, 0.2) is 0 Å². The van der Waals surface area contributed by atoms with E-state index in [2.05, 4.69) is 5.32 Å². The lowest BCUT2D eigenvalue weighted by Gasteiger charge is -2.25. The summed E-state index contributed by atoms with van der Waals surface area (Å²) in [7, 11) is -3.44. The number of halogens is 1. The minimum Gasteiger partial charge on any atom is -0.326 e. The molecule has 2 heterocycles. The van der Waals surface area contributed by atoms with Crippen LogP contribution in [0.15, 0.2) is 34.5 Å². The molecule has 0 radical (unpaired) electrons. The van der Waals surface area contributed by atoms with Crippen LogP contribution in [0.25, 0.3) is 0 Å². The summed E-state index contributed by atoms with van der Waals surface area (Å²) in [6.07, 6.45) is 3.02. The number of nitrogens with zero attached hydrogens (tertiary/aromatic N) is 1. The fourth-order valence-electron chi connectivity index (χ4n) is 2.94. The Bertz CT molecular complexity index is 903. The molecule has 1 N–H and O–H groups in total. The molecule has 0 aliphatic carbocycles. The normalized spacial score (nSPS) is 15.8. The second kappa shape index (κ2) is 8.08. The average molecular weight is 413 g/mol. The van der Waals surface area contributed by atoms with Crippen molar-refractivity contribution in [2.45, 2.75) is 36.8 Å². The number of carbonyl (C=O) groups is 1. The van der Waals surface area contributed by atoms with Crippen LogP contribution in [0.1, 0.15) is 29.7 Å². The first-order valence-corrected chi connectivity index (χ1v) is 11.1. The Balaban J connectivity index is 1.67. The minimum atomic E-state index is -3.44. The smallest absolute Gasteiger partial charge is 0.252 e. The monoisotopic (exact) mass is 412 g/mol. The summed E-state index contributed by atoms with van der Waals surface area (Å²) in [4.78, 5) is 13.0. The van der Waals surface area contributed by atoms with Gasteiger partial charge in [-0.25, -0.2) is 8.42 Å². The Morgan fingerprint density at radius 3 is 2.62 bits per heavy atom. The van der Waals surface area contributed by atoms with Gasteiger partial charge < -0.3 is 5.32 Å². The first-order valence-electron chi connectivity index (χ1n) is 8.51. The van der Waals surface area contributed by atoms with Crippen molar-refractivity contribution in [2.75, 3.05) is 18.4 Å². The Kier molecular flexibility index (Phi) is 6.02. The van der Waals surface area contributed by atoms with Crippen LogP contribution in [-0.4, -0.2) is 31.7 Å². The summed E-state index contributed by atoms with van der Waals surface area (Å²) >= 11 is 7.09. The van der Waals surface area contributed by atoms with E-state index >= 15 is 0 Å². The number of aryl methyl sites for hydroxylation is 1. The SMILES string of the molecule is Cc1cc(Cl)ccc1NC(=O)Cc1ccc(S(=O)(=O)N2CCCCC2)s1. The molecule has 8 heteroatoms. The first-order chi connectivity index (χ1) is 12.4. The zero-order valence-corrected chi connectivity index (χ0v) is 16.9. The molecule has 0 saturated carbocycles. The molecule has 0 atom stereocenters. The van der Waals surface area contributed by atoms with Crippen LogP contribution in [0.2, 0.25) is 5.02 Å². The first kappa shape index (κ1) is 19.4. The van der Waals surface area contributed by atoms with Crippen LogP contribution in [-0.2, 0) is 21.2 Å². The Morgan fingerprint density at radius 1 is 1.19 bits per heavy atom. The number of piperidine rings is 1. The third-order valence-electron chi connectivity index (χ3n) is 4.34. The molecule has 1 saturated heterocycles. The molecule has 1 aromatic carbocycles. The summed E-state index contributed by atoms with van der Waals surface area (Å²) in [5, 5.41) is 3.46. The third-order valence-corrected chi connectivity index (χ3v) is 8.03. The summed E-state index contributed by atoms with van der Waals surface area (Å²) in [5.41, 5.74) is 1.59. The van der Waals surface area contributed by atoms with E-state index in [0.29, 0.717) is 28.0 Å². The van der Waals surface area contributed by atoms with Gasteiger partial charge in [0.25, 0.3) is 10.0 Å². The highest BCUT2D eigenvalue weighted by molar-refractivity contribution is 7.91. The largest absolute Gasteiger partial charge is 0.326 e. The molecule has 5 nitrogen and oxygen atoms in total. The number of benzene rings is 1. The van der Waals surface area contributed by atoms with E-state index in [1.54, 1.807) is 34.6 Å². The van der Waals surface area contributed by atoms with E-state index in [0.717, 1.165) is 29.7 Å². The minimum absolute atomic E-state index is 0.141. The molecule has 0 spiro atoms. The van der Waals surface area contributed by atoms with Gasteiger partial charge in [0, 0.05) is 28.7 Å². The molecule has 0 unspecified atom stereocenters. The number of carbonyl (C=O) groups excluding carboxylic acids is 1. The van der Waals surface area contributed by atoms with Crippen LogP contribution in [0.3, 0.4) is 0 Å². The van der Waals surface area contributed by atoms with Gasteiger partial charge >= 0.3 is 0 Å². The quantitative estimate of drug-likeness (QED) is 0.805. The van der Waals surface area contributed by atoms with Crippen molar-refractivity contribution in [3.63, 3.8) is 0 Å². The highest BCUT2D eigenvalue weighted by atomic mass is 35.5. The number of nitrogens with one attached hydrogen (secondary N) is 1. The number of hydrogen-bond donors (Lipinski definition) is 1. The molecule has 26 heavy (non-hydrogen) atoms. The zero-order chi connectivity index (χ0) is 18.7. The maximum atomic E-state index is 12.7. The van der Waals surface area contributed by atoms with Gasteiger partial charge in [0.05, 0.1) is 6.42 Å². The van der Waals surface area contributed by atoms with Gasteiger partial charge in [-0.1, -0.05) is 18.0 Å². The van der Waals surface area contributed by atoms with Crippen LogP contribution in [0.5, 0.6) is 0 Å². The Labute approximate surface area is 163 Å². The van der Waals surface area contributed by atoms with Crippen molar-refractivity contribution < 1.29 is 13.2 Å². The Hall–Kier alpha value is -1.41. The number of rotatable bonds is 5. The number of anilines is 1. The molecular formula is C18H21ClN2O3S2. The highest BCUT2D eigenvalue weighted by Crippen LogP contribution is 2.28. The van der Waals surface area contributed by atoms with Crippen molar-refractivity contribution in [1.29, 1.82) is 0 Å². The maximum absolute atomic E-state index is 12.7. The third kappa shape index (κ3) is 4.46. The number of amides is 1. The second-order valence-electron chi connectivity index (χ2n) is 6.37. The fourth-order valence-corrected chi connectivity index (χ4v) is 6.20. The van der Waals surface area contributed by atoms with E-state index in [-0.39, 0.29) is 12.3 Å². The van der Waals surface area contributed by atoms with Crippen LogP contribution in [0.4, 0.5) is 5.69 Å². The lowest BCUT2D eigenvalue weighted by atomic mass is 10.2. The molecule has 3 rings (SSSR count). The maximum Gasteiger partial charge on any atom is 0.252 e. The van der Waals surface area contributed by atoms with Crippen LogP contribution >= 0.6 is 22.9 Å². The summed E-state index contributed by atoms with van der Waals surface area (Å²) in [5.74, 6) is -0.181. The summed E-state index contributed by atoms with van der Waals surface area (Å²) < 4.78 is 27.2. The molecule has 2 aromatic rings. The van der Waals surface area contributed by atoms with Gasteiger partial charge in [0.1, 0.15) is 4.21 Å². The number of thiophene rings is 1. The van der Waals surface area contributed by atoms with E-state index in [9.17, 15) is 13.2 Å². The fraction of sp³-hybridized carbons (Fsp3) is 0.389. The average Bonchev–Trinajstić information content (AvgIpc) is 3.07. The van der Waals surface area contributed by atoms with Crippen molar-refractivity contribution in [1.82, 2.24) is 4.31 Å². The molecular weight excluding hydrogens is 392 g/mol. The molecule has 1 aliphatic heterocycles. The zero-order valence-electron chi connectivity index (χ0n) is 14.5. The van der Waals surface area contributed by atoms with Gasteiger partial charge in [0.2, 0.25) is 5.91 Å². The van der Waals surface area contributed by atoms with Gasteiger partial charge in [-0.05, 0) is 55.7 Å². The van der Waals surface area contributed by atoms with Crippen molar-refractivity contribution >= 4 is 44.6 Å². The van der Waals surface area contributed by atoms with E-state index in [4.69, 9.17) is 11.6 Å². The summed E-state index contributed by atoms with van der Waals surface area (Å²) in [6.45, 7) is 3.02.